The van der Waals surface area contributed by atoms with E-state index in [1.807, 2.05) is 23.9 Å². The number of morpholine rings is 1. The van der Waals surface area contributed by atoms with E-state index >= 15 is 0 Å². The Bertz CT molecular complexity index is 1070. The molecule has 0 radical (unpaired) electrons. The third-order valence-electron chi connectivity index (χ3n) is 4.93. The van der Waals surface area contributed by atoms with E-state index in [1.54, 1.807) is 18.2 Å². The molecule has 3 N–H and O–H groups in total. The van der Waals surface area contributed by atoms with Crippen molar-refractivity contribution in [3.05, 3.63) is 63.0 Å². The topological polar surface area (TPSA) is 80.5 Å². The van der Waals surface area contributed by atoms with Crippen LogP contribution in [-0.4, -0.2) is 54.3 Å². The first kappa shape index (κ1) is 23.4. The highest BCUT2D eigenvalue weighted by Gasteiger charge is 2.22. The summed E-state index contributed by atoms with van der Waals surface area (Å²) in [5, 5.41) is 4.31. The van der Waals surface area contributed by atoms with Crippen molar-refractivity contribution in [2.75, 3.05) is 49.7 Å². The Labute approximate surface area is 205 Å². The number of nitrogen functional groups attached to an aromatic ring is 1. The highest BCUT2D eigenvalue weighted by atomic mass is 35.5. The van der Waals surface area contributed by atoms with E-state index in [1.165, 1.54) is 16.2 Å². The van der Waals surface area contributed by atoms with Crippen LogP contribution >= 0.6 is 46.3 Å². The zero-order chi connectivity index (χ0) is 22.5. The highest BCUT2D eigenvalue weighted by molar-refractivity contribution is 7.99. The minimum atomic E-state index is -0.337. The first-order valence-electron chi connectivity index (χ1n) is 10.1. The molecule has 6 nitrogen and oxygen atoms in total. The molecular formula is C22H22Cl2N4O2S2. The Morgan fingerprint density at radius 2 is 1.84 bits per heavy atom. The maximum Gasteiger partial charge on any atom is 0.209 e. The predicted molar refractivity (Wildman–Crippen MR) is 134 cm³/mol. The van der Waals surface area contributed by atoms with Crippen LogP contribution in [0.5, 0.6) is 0 Å². The van der Waals surface area contributed by atoms with E-state index in [0.717, 1.165) is 44.3 Å². The van der Waals surface area contributed by atoms with Crippen LogP contribution in [0, 0.1) is 0 Å². The number of thiazole rings is 1. The highest BCUT2D eigenvalue weighted by Crippen LogP contribution is 2.34. The molecule has 2 heterocycles. The molecule has 1 saturated heterocycles. The second-order valence-electron chi connectivity index (χ2n) is 7.11. The molecule has 0 bridgehead atoms. The largest absolute Gasteiger partial charge is 0.382 e. The number of hydrogen-bond acceptors (Lipinski definition) is 8. The van der Waals surface area contributed by atoms with Crippen LogP contribution in [0.1, 0.15) is 15.2 Å². The van der Waals surface area contributed by atoms with Gasteiger partial charge in [0, 0.05) is 36.0 Å². The fourth-order valence-corrected chi connectivity index (χ4v) is 5.59. The molecule has 0 amide bonds. The van der Waals surface area contributed by atoms with Crippen molar-refractivity contribution in [3.8, 4) is 0 Å². The number of rotatable bonds is 8. The van der Waals surface area contributed by atoms with Crippen LogP contribution in [-0.2, 0) is 4.74 Å². The van der Waals surface area contributed by atoms with Gasteiger partial charge in [-0.05, 0) is 36.4 Å². The average molecular weight is 509 g/mol. The molecule has 2 aromatic carbocycles. The number of carbonyl (C=O) groups is 1. The van der Waals surface area contributed by atoms with Gasteiger partial charge in [0.1, 0.15) is 10.7 Å². The van der Waals surface area contributed by atoms with E-state index in [9.17, 15) is 4.79 Å². The van der Waals surface area contributed by atoms with Crippen molar-refractivity contribution >= 4 is 68.7 Å². The van der Waals surface area contributed by atoms with Crippen molar-refractivity contribution in [1.82, 2.24) is 9.88 Å². The molecule has 1 aliphatic heterocycles. The third-order valence-corrected chi connectivity index (χ3v) is 7.54. The van der Waals surface area contributed by atoms with Gasteiger partial charge in [-0.25, -0.2) is 4.98 Å². The van der Waals surface area contributed by atoms with Crippen molar-refractivity contribution in [3.63, 3.8) is 0 Å². The van der Waals surface area contributed by atoms with Gasteiger partial charge in [0.15, 0.2) is 5.13 Å². The number of carbonyl (C=O) groups excluding carboxylic acids is 1. The molecule has 0 spiro atoms. The second-order valence-corrected chi connectivity index (χ2v) is 10.1. The molecule has 0 aliphatic carbocycles. The first-order valence-corrected chi connectivity index (χ1v) is 12.6. The maximum absolute atomic E-state index is 12.9. The molecule has 3 aromatic rings. The summed E-state index contributed by atoms with van der Waals surface area (Å²) < 4.78 is 5.38. The summed E-state index contributed by atoms with van der Waals surface area (Å²) in [4.78, 5) is 21.1. The Hall–Kier alpha value is -1.81. The second kappa shape index (κ2) is 10.9. The van der Waals surface area contributed by atoms with Gasteiger partial charge >= 0.3 is 0 Å². The number of halogens is 2. The fraction of sp³-hybridized carbons (Fsp3) is 0.273. The molecule has 32 heavy (non-hydrogen) atoms. The van der Waals surface area contributed by atoms with Gasteiger partial charge in [-0.1, -0.05) is 40.6 Å². The summed E-state index contributed by atoms with van der Waals surface area (Å²) in [6.07, 6.45) is 0. The van der Waals surface area contributed by atoms with Gasteiger partial charge in [-0.3, -0.25) is 9.69 Å². The molecule has 0 atom stereocenters. The minimum Gasteiger partial charge on any atom is -0.382 e. The lowest BCUT2D eigenvalue weighted by Crippen LogP contribution is -2.37. The van der Waals surface area contributed by atoms with E-state index in [-0.39, 0.29) is 27.2 Å². The summed E-state index contributed by atoms with van der Waals surface area (Å²) in [5.74, 6) is 0.843. The number of benzene rings is 2. The molecule has 168 valence electrons. The first-order chi connectivity index (χ1) is 15.5. The van der Waals surface area contributed by atoms with Crippen LogP contribution in [0.15, 0.2) is 47.4 Å². The normalized spacial score (nSPS) is 14.4. The molecule has 1 aliphatic rings. The number of nitrogens with zero attached hydrogens (tertiary/aromatic N) is 2. The van der Waals surface area contributed by atoms with Gasteiger partial charge in [0.2, 0.25) is 5.78 Å². The molecule has 0 unspecified atom stereocenters. The third kappa shape index (κ3) is 5.75. The van der Waals surface area contributed by atoms with Gasteiger partial charge in [-0.15, -0.1) is 11.8 Å². The van der Waals surface area contributed by atoms with Crippen molar-refractivity contribution < 1.29 is 9.53 Å². The monoisotopic (exact) mass is 508 g/mol. The van der Waals surface area contributed by atoms with E-state index in [2.05, 4.69) is 27.3 Å². The van der Waals surface area contributed by atoms with E-state index < -0.39 is 0 Å². The quantitative estimate of drug-likeness (QED) is 0.310. The van der Waals surface area contributed by atoms with Gasteiger partial charge in [-0.2, -0.15) is 0 Å². The lowest BCUT2D eigenvalue weighted by Gasteiger charge is -2.26. The van der Waals surface area contributed by atoms with Crippen LogP contribution in [0.3, 0.4) is 0 Å². The average Bonchev–Trinajstić information content (AvgIpc) is 3.15. The van der Waals surface area contributed by atoms with Crippen molar-refractivity contribution in [2.24, 2.45) is 0 Å². The lowest BCUT2D eigenvalue weighted by atomic mass is 10.1. The molecular weight excluding hydrogens is 487 g/mol. The van der Waals surface area contributed by atoms with Gasteiger partial charge < -0.3 is 15.8 Å². The van der Waals surface area contributed by atoms with E-state index in [4.69, 9.17) is 33.7 Å². The molecule has 1 aromatic heterocycles. The van der Waals surface area contributed by atoms with Crippen LogP contribution in [0.4, 0.5) is 16.6 Å². The standard InChI is InChI=1S/C22H22Cl2N4O2S2/c23-16-2-1-3-17(24)18(16)19(29)20-21(25)27-22(32-20)26-14-4-6-15(7-5-14)31-13-10-28-8-11-30-12-9-28/h1-7H,8-13,25H2,(H,26,27). The Morgan fingerprint density at radius 1 is 1.16 bits per heavy atom. The van der Waals surface area contributed by atoms with Crippen molar-refractivity contribution in [1.29, 1.82) is 0 Å². The SMILES string of the molecule is Nc1nc(Nc2ccc(SCCN3CCOCC3)cc2)sc1C(=O)c1c(Cl)cccc1Cl. The number of thioether (sulfide) groups is 1. The molecule has 4 rings (SSSR count). The summed E-state index contributed by atoms with van der Waals surface area (Å²) >= 11 is 15.3. The zero-order valence-corrected chi connectivity index (χ0v) is 20.3. The number of anilines is 3. The van der Waals surface area contributed by atoms with Crippen LogP contribution in [0.2, 0.25) is 10.0 Å². The van der Waals surface area contributed by atoms with Gasteiger partial charge in [0.05, 0.1) is 28.8 Å². The number of ketones is 1. The maximum atomic E-state index is 12.9. The van der Waals surface area contributed by atoms with E-state index in [0.29, 0.717) is 10.0 Å². The van der Waals surface area contributed by atoms with Crippen LogP contribution < -0.4 is 11.1 Å². The summed E-state index contributed by atoms with van der Waals surface area (Å²) in [5.41, 5.74) is 7.11. The Kier molecular flexibility index (Phi) is 7.93. The number of nitrogens with two attached hydrogens (primary N) is 1. The molecule has 1 fully saturated rings. The number of nitrogens with one attached hydrogen (secondary N) is 1. The number of ether oxygens (including phenoxy) is 1. The van der Waals surface area contributed by atoms with Gasteiger partial charge in [0.25, 0.3) is 0 Å². The smallest absolute Gasteiger partial charge is 0.209 e. The minimum absolute atomic E-state index is 0.147. The predicted octanol–water partition coefficient (Wildman–Crippen LogP) is 5.43. The molecule has 0 saturated carbocycles. The zero-order valence-electron chi connectivity index (χ0n) is 17.1. The lowest BCUT2D eigenvalue weighted by molar-refractivity contribution is 0.0410. The Balaban J connectivity index is 1.37. The van der Waals surface area contributed by atoms with Crippen LogP contribution in [0.25, 0.3) is 0 Å². The molecule has 10 heteroatoms. The summed E-state index contributed by atoms with van der Waals surface area (Å²) in [7, 11) is 0. The number of hydrogen-bond donors (Lipinski definition) is 2. The number of aromatic nitrogens is 1. The fourth-order valence-electron chi connectivity index (χ4n) is 3.25. The summed E-state index contributed by atoms with van der Waals surface area (Å²) in [6.45, 7) is 4.72. The Morgan fingerprint density at radius 3 is 2.53 bits per heavy atom. The van der Waals surface area contributed by atoms with Crippen molar-refractivity contribution in [2.45, 2.75) is 4.90 Å². The summed E-state index contributed by atoms with van der Waals surface area (Å²) in [6, 6.07) is 13.0.